The Hall–Kier alpha value is -9.60. The first kappa shape index (κ1) is 42.3. The van der Waals surface area contributed by atoms with Crippen molar-refractivity contribution in [1.82, 2.24) is 18.3 Å². The van der Waals surface area contributed by atoms with Crippen molar-refractivity contribution in [1.29, 1.82) is 0 Å². The Morgan fingerprint density at radius 1 is 0.397 bits per heavy atom. The zero-order valence-corrected chi connectivity index (χ0v) is 40.6. The molecule has 0 spiro atoms. The molecule has 4 heterocycles. The van der Waals surface area contributed by atoms with Gasteiger partial charge in [-0.15, -0.1) is 5.73 Å². The Kier molecular flexibility index (Phi) is 9.72. The van der Waals surface area contributed by atoms with Gasteiger partial charge in [0.15, 0.2) is 0 Å². The second-order valence-corrected chi connectivity index (χ2v) is 19.2. The molecule has 0 saturated heterocycles. The van der Waals surface area contributed by atoms with Crippen LogP contribution in [0.1, 0.15) is 6.92 Å². The average Bonchev–Trinajstić information content (AvgIpc) is 4.17. The van der Waals surface area contributed by atoms with Crippen LogP contribution in [0.25, 0.3) is 138 Å². The van der Waals surface area contributed by atoms with Crippen molar-refractivity contribution in [3.63, 3.8) is 0 Å². The summed E-state index contributed by atoms with van der Waals surface area (Å²) in [7, 11) is 2.19. The molecule has 0 unspecified atom stereocenters. The van der Waals surface area contributed by atoms with Gasteiger partial charge in [0, 0.05) is 84.3 Å². The van der Waals surface area contributed by atoms with Gasteiger partial charge in [-0.05, 0) is 125 Å². The topological polar surface area (TPSA) is 19.7 Å². The number of benzene rings is 10. The molecule has 0 radical (unpaired) electrons. The molecule has 0 amide bonds. The van der Waals surface area contributed by atoms with Crippen molar-refractivity contribution in [3.8, 4) is 39.1 Å². The summed E-state index contributed by atoms with van der Waals surface area (Å²) in [6.45, 7) is 6.64. The van der Waals surface area contributed by atoms with Crippen LogP contribution in [0.15, 0.2) is 255 Å². The lowest BCUT2D eigenvalue weighted by Gasteiger charge is -2.11. The summed E-state index contributed by atoms with van der Waals surface area (Å²) in [5.41, 5.74) is 23.2. The van der Waals surface area contributed by atoms with Gasteiger partial charge in [0.25, 0.3) is 0 Å². The first-order chi connectivity index (χ1) is 36.0. The van der Waals surface area contributed by atoms with Gasteiger partial charge in [0.05, 0.1) is 33.1 Å². The van der Waals surface area contributed by atoms with Crippen LogP contribution in [0.4, 0.5) is 0 Å². The number of fused-ring (bicyclic) bond motifs is 12. The summed E-state index contributed by atoms with van der Waals surface area (Å²) in [5, 5.41) is 9.93. The van der Waals surface area contributed by atoms with Gasteiger partial charge in [-0.2, -0.15) is 0 Å². The number of rotatable bonds is 8. The molecule has 14 aromatic rings. The van der Waals surface area contributed by atoms with E-state index in [0.29, 0.717) is 0 Å². The smallest absolute Gasteiger partial charge is 0.0543 e. The lowest BCUT2D eigenvalue weighted by atomic mass is 9.96. The molecular weight excluding hydrogens is 885 g/mol. The van der Waals surface area contributed by atoms with Gasteiger partial charge in [-0.25, -0.2) is 0 Å². The summed E-state index contributed by atoms with van der Waals surface area (Å²) in [6.07, 6.45) is 6.12. The van der Waals surface area contributed by atoms with Crippen molar-refractivity contribution in [2.45, 2.75) is 6.92 Å². The summed E-state index contributed by atoms with van der Waals surface area (Å²) in [5.74, 6) is 0. The van der Waals surface area contributed by atoms with E-state index < -0.39 is 0 Å². The molecule has 0 aliphatic carbocycles. The molecule has 0 aliphatic rings. The van der Waals surface area contributed by atoms with Crippen LogP contribution in [0, 0.1) is 0 Å². The Morgan fingerprint density at radius 3 is 1.58 bits per heavy atom. The molecule has 0 bridgehead atoms. The van der Waals surface area contributed by atoms with Crippen molar-refractivity contribution >= 4 is 98.6 Å². The van der Waals surface area contributed by atoms with Crippen molar-refractivity contribution < 1.29 is 0 Å². The standard InChI is InChI=1S/C69H48N4/c1-45(71-62-31-11-6-25-54(62)55-26-7-12-32-63(55)71)19-4-5-20-46(2)72-66-35-15-10-29-59(66)69-53(30-18-36-67(69)72)51-37-39-58-60-43-50(38-40-61(60)70(3)68(58)44-51)48-22-16-21-47(41-48)49-23-17-24-52(42-49)73-64-33-13-8-27-56(64)57-28-9-14-34-65(57)73/h5-44H,1H2,2-3H3/b46-20+. The highest BCUT2D eigenvalue weighted by molar-refractivity contribution is 6.18. The summed E-state index contributed by atoms with van der Waals surface area (Å²) in [4.78, 5) is 0. The van der Waals surface area contributed by atoms with E-state index in [1.165, 1.54) is 110 Å². The highest BCUT2D eigenvalue weighted by atomic mass is 15.0. The zero-order valence-electron chi connectivity index (χ0n) is 40.6. The van der Waals surface area contributed by atoms with Crippen molar-refractivity contribution in [2.24, 2.45) is 7.05 Å². The van der Waals surface area contributed by atoms with E-state index in [9.17, 15) is 0 Å². The molecule has 0 aliphatic heterocycles. The Morgan fingerprint density at radius 2 is 0.904 bits per heavy atom. The van der Waals surface area contributed by atoms with E-state index in [1.54, 1.807) is 0 Å². The quantitative estimate of drug-likeness (QED) is 0.107. The second kappa shape index (κ2) is 16.8. The monoisotopic (exact) mass is 932 g/mol. The molecule has 4 aromatic heterocycles. The molecule has 4 heteroatoms. The number of aromatic nitrogens is 4. The van der Waals surface area contributed by atoms with Crippen LogP contribution in [0.2, 0.25) is 0 Å². The minimum atomic E-state index is 0.865. The third-order valence-corrected chi connectivity index (χ3v) is 15.1. The minimum absolute atomic E-state index is 0.865. The summed E-state index contributed by atoms with van der Waals surface area (Å²) >= 11 is 0. The first-order valence-electron chi connectivity index (χ1n) is 25.0. The van der Waals surface area contributed by atoms with Crippen LogP contribution >= 0.6 is 0 Å². The van der Waals surface area contributed by atoms with E-state index >= 15 is 0 Å². The molecule has 73 heavy (non-hydrogen) atoms. The Labute approximate surface area is 422 Å². The maximum Gasteiger partial charge on any atom is 0.0543 e. The average molecular weight is 933 g/mol. The molecule has 0 N–H and O–H groups in total. The molecule has 344 valence electrons. The lowest BCUT2D eigenvalue weighted by molar-refractivity contribution is 1.01. The number of nitrogens with zero attached hydrogens (tertiary/aromatic N) is 4. The molecular formula is C69H48N4. The predicted molar refractivity (Wildman–Crippen MR) is 311 cm³/mol. The highest BCUT2D eigenvalue weighted by Crippen LogP contribution is 2.42. The minimum Gasteiger partial charge on any atom is -0.344 e. The fourth-order valence-electron chi connectivity index (χ4n) is 11.8. The SMILES string of the molecule is C=C(C=C=C/C=C(\C)n1c2ccccc2c2c(-c3ccc4c5cc(-c6cccc(-c7cccc(-n8c9ccccc9c9ccccc98)c7)c6)ccc5n(C)c4c3)cccc21)n1c2ccccc2c2ccccc21. The third kappa shape index (κ3) is 6.69. The van der Waals surface area contributed by atoms with Gasteiger partial charge in [-0.1, -0.05) is 158 Å². The Balaban J connectivity index is 0.799. The highest BCUT2D eigenvalue weighted by Gasteiger charge is 2.19. The van der Waals surface area contributed by atoms with E-state index in [2.05, 4.69) is 275 Å². The van der Waals surface area contributed by atoms with Gasteiger partial charge >= 0.3 is 0 Å². The largest absolute Gasteiger partial charge is 0.344 e. The van der Waals surface area contributed by atoms with Crippen LogP contribution in [0.5, 0.6) is 0 Å². The van der Waals surface area contributed by atoms with Crippen LogP contribution in [-0.4, -0.2) is 18.3 Å². The van der Waals surface area contributed by atoms with Gasteiger partial charge in [-0.3, -0.25) is 0 Å². The summed E-state index contributed by atoms with van der Waals surface area (Å²) in [6, 6.07) is 81.8. The third-order valence-electron chi connectivity index (χ3n) is 15.1. The lowest BCUT2D eigenvalue weighted by Crippen LogP contribution is -1.94. The molecule has 14 rings (SSSR count). The van der Waals surface area contributed by atoms with Crippen molar-refractivity contribution in [3.05, 3.63) is 255 Å². The zero-order chi connectivity index (χ0) is 48.7. The van der Waals surface area contributed by atoms with Gasteiger partial charge in [0.1, 0.15) is 0 Å². The summed E-state index contributed by atoms with van der Waals surface area (Å²) < 4.78 is 9.34. The van der Waals surface area contributed by atoms with Gasteiger partial charge in [0.2, 0.25) is 0 Å². The maximum absolute atomic E-state index is 4.47. The number of hydrogen-bond donors (Lipinski definition) is 0. The molecule has 10 aromatic carbocycles. The number of hydrogen-bond acceptors (Lipinski definition) is 0. The molecule has 0 saturated carbocycles. The maximum atomic E-state index is 4.47. The fourth-order valence-corrected chi connectivity index (χ4v) is 11.8. The Bertz CT molecular complexity index is 4600. The number of aryl methyl sites for hydroxylation is 1. The number of allylic oxidation sites excluding steroid dienone is 4. The van der Waals surface area contributed by atoms with E-state index in [-0.39, 0.29) is 0 Å². The van der Waals surface area contributed by atoms with Crippen LogP contribution in [-0.2, 0) is 7.05 Å². The molecule has 0 fully saturated rings. The normalized spacial score (nSPS) is 12.1. The predicted octanol–water partition coefficient (Wildman–Crippen LogP) is 18.4. The van der Waals surface area contributed by atoms with E-state index in [0.717, 1.165) is 28.1 Å². The van der Waals surface area contributed by atoms with Gasteiger partial charge < -0.3 is 18.3 Å². The van der Waals surface area contributed by atoms with Crippen molar-refractivity contribution in [2.75, 3.05) is 0 Å². The van der Waals surface area contributed by atoms with Crippen LogP contribution in [0.3, 0.4) is 0 Å². The second-order valence-electron chi connectivity index (χ2n) is 19.2. The van der Waals surface area contributed by atoms with E-state index in [4.69, 9.17) is 0 Å². The number of para-hydroxylation sites is 5. The van der Waals surface area contributed by atoms with Crippen LogP contribution < -0.4 is 0 Å². The fraction of sp³-hybridized carbons (Fsp3) is 0.0290. The molecule has 4 nitrogen and oxygen atoms in total. The molecule has 0 atom stereocenters. The first-order valence-corrected chi connectivity index (χ1v) is 25.0. The van der Waals surface area contributed by atoms with E-state index in [1.807, 2.05) is 12.2 Å².